The molecule has 0 radical (unpaired) electrons. The summed E-state index contributed by atoms with van der Waals surface area (Å²) in [7, 11) is 0. The number of nitrogen functional groups attached to an aromatic ring is 1. The normalized spacial score (nSPS) is 12.2. The number of nitrogens with two attached hydrogens (primary N) is 1. The number of H-pyrrole nitrogens is 1. The van der Waals surface area contributed by atoms with Crippen LogP contribution in [0.15, 0.2) is 48.7 Å². The van der Waals surface area contributed by atoms with Crippen LogP contribution in [-0.4, -0.2) is 43.4 Å². The van der Waals surface area contributed by atoms with Gasteiger partial charge < -0.3 is 29.9 Å². The molecule has 0 amide bonds. The van der Waals surface area contributed by atoms with Crippen molar-refractivity contribution in [1.29, 1.82) is 0 Å². The van der Waals surface area contributed by atoms with E-state index in [2.05, 4.69) is 22.1 Å². The maximum atomic E-state index is 10.6. The molecule has 0 fully saturated rings. The first-order valence-corrected chi connectivity index (χ1v) is 11.9. The van der Waals surface area contributed by atoms with Crippen LogP contribution in [0.25, 0.3) is 32.8 Å². The number of ether oxygens (including phenoxy) is 2. The molecule has 0 saturated heterocycles. The molecule has 5 aromatic rings. The van der Waals surface area contributed by atoms with Crippen LogP contribution in [0.4, 0.5) is 5.82 Å². The monoisotopic (exact) mass is 473 g/mol. The smallest absolute Gasteiger partial charge is 0.152 e. The van der Waals surface area contributed by atoms with Crippen LogP contribution in [0.2, 0.25) is 0 Å². The van der Waals surface area contributed by atoms with Gasteiger partial charge in [-0.1, -0.05) is 18.2 Å². The Morgan fingerprint density at radius 3 is 2.74 bits per heavy atom. The van der Waals surface area contributed by atoms with Crippen LogP contribution in [0, 0.1) is 0 Å². The fourth-order valence-electron chi connectivity index (χ4n) is 4.51. The summed E-state index contributed by atoms with van der Waals surface area (Å²) in [6.45, 7) is 7.28. The first-order chi connectivity index (χ1) is 16.8. The van der Waals surface area contributed by atoms with Crippen LogP contribution in [0.3, 0.4) is 0 Å². The summed E-state index contributed by atoms with van der Waals surface area (Å²) in [5.41, 5.74) is 9.92. The number of nitrogens with one attached hydrogen (secondary N) is 1. The first kappa shape index (κ1) is 23.1. The van der Waals surface area contributed by atoms with E-state index in [9.17, 15) is 5.11 Å². The Morgan fingerprint density at radius 2 is 1.94 bits per heavy atom. The summed E-state index contributed by atoms with van der Waals surface area (Å²) in [5.74, 6) is 1.78. The fourth-order valence-corrected chi connectivity index (χ4v) is 4.51. The second-order valence-electron chi connectivity index (χ2n) is 9.39. The van der Waals surface area contributed by atoms with E-state index in [0.29, 0.717) is 43.5 Å². The molecule has 2 aromatic carbocycles. The van der Waals surface area contributed by atoms with Crippen molar-refractivity contribution < 1.29 is 14.6 Å². The van der Waals surface area contributed by atoms with Crippen LogP contribution in [-0.2, 0) is 24.3 Å². The lowest BCUT2D eigenvalue weighted by molar-refractivity contribution is 0.0582. The molecule has 3 aromatic heterocycles. The predicted molar refractivity (Wildman–Crippen MR) is 139 cm³/mol. The van der Waals surface area contributed by atoms with Gasteiger partial charge in [-0.3, -0.25) is 0 Å². The minimum Gasteiger partial charge on any atom is -0.493 e. The van der Waals surface area contributed by atoms with Crippen molar-refractivity contribution in [3.05, 3.63) is 60.0 Å². The molecule has 0 atom stereocenters. The minimum atomic E-state index is -0.940. The van der Waals surface area contributed by atoms with E-state index in [1.54, 1.807) is 13.8 Å². The quantitative estimate of drug-likeness (QED) is 0.289. The van der Waals surface area contributed by atoms with Crippen molar-refractivity contribution in [3.8, 4) is 5.75 Å². The van der Waals surface area contributed by atoms with Crippen molar-refractivity contribution >= 4 is 38.7 Å². The molecule has 0 aliphatic rings. The number of imidazole rings is 1. The Hall–Kier alpha value is -3.62. The molecular formula is C27H31N5O3. The van der Waals surface area contributed by atoms with E-state index in [0.717, 1.165) is 34.1 Å². The van der Waals surface area contributed by atoms with E-state index in [-0.39, 0.29) is 0 Å². The van der Waals surface area contributed by atoms with Gasteiger partial charge in [0.05, 0.1) is 29.8 Å². The third-order valence-corrected chi connectivity index (χ3v) is 6.05. The highest BCUT2D eigenvalue weighted by atomic mass is 16.5. The number of nitrogens with zero attached hydrogens (tertiary/aromatic N) is 3. The van der Waals surface area contributed by atoms with Crippen molar-refractivity contribution in [1.82, 2.24) is 19.5 Å². The summed E-state index contributed by atoms with van der Waals surface area (Å²) in [4.78, 5) is 12.6. The Labute approximate surface area is 203 Å². The van der Waals surface area contributed by atoms with Crippen molar-refractivity contribution in [2.24, 2.45) is 0 Å². The third kappa shape index (κ3) is 4.67. The minimum absolute atomic E-state index is 0.331. The topological polar surface area (TPSA) is 111 Å². The number of hydrogen-bond acceptors (Lipinski definition) is 6. The molecule has 5 rings (SSSR count). The standard InChI is InChI=1S/C27H31N5O3/c1-4-34-15-23-31-24-25(32(23)16-27(2,3)33)20-10-9-18(13-22(20)30-26(24)28)35-12-11-17-14-29-21-8-6-5-7-19(17)21/h5-10,13-14,29,33H,4,11-12,15-16H2,1-3H3,(H2,28,30). The van der Waals surface area contributed by atoms with E-state index in [1.807, 2.05) is 48.0 Å². The van der Waals surface area contributed by atoms with Gasteiger partial charge in [0.2, 0.25) is 0 Å². The molecular weight excluding hydrogens is 442 g/mol. The number of aliphatic hydroxyl groups is 1. The lowest BCUT2D eigenvalue weighted by Crippen LogP contribution is -2.27. The number of rotatable bonds is 9. The number of hydrogen-bond donors (Lipinski definition) is 3. The second-order valence-corrected chi connectivity index (χ2v) is 9.39. The number of pyridine rings is 1. The van der Waals surface area contributed by atoms with Gasteiger partial charge in [-0.2, -0.15) is 0 Å². The average molecular weight is 474 g/mol. The zero-order chi connectivity index (χ0) is 24.6. The maximum Gasteiger partial charge on any atom is 0.152 e. The Bertz CT molecular complexity index is 1500. The summed E-state index contributed by atoms with van der Waals surface area (Å²) >= 11 is 0. The maximum absolute atomic E-state index is 10.6. The molecule has 4 N–H and O–H groups in total. The predicted octanol–water partition coefficient (Wildman–Crippen LogP) is 4.58. The molecule has 3 heterocycles. The highest BCUT2D eigenvalue weighted by Gasteiger charge is 2.22. The average Bonchev–Trinajstić information content (AvgIpc) is 3.39. The van der Waals surface area contributed by atoms with E-state index < -0.39 is 5.60 Å². The van der Waals surface area contributed by atoms with Gasteiger partial charge in [-0.25, -0.2) is 9.97 Å². The summed E-state index contributed by atoms with van der Waals surface area (Å²) in [6, 6.07) is 14.1. The highest BCUT2D eigenvalue weighted by Crippen LogP contribution is 2.32. The first-order valence-electron chi connectivity index (χ1n) is 11.9. The number of fused-ring (bicyclic) bond motifs is 4. The zero-order valence-corrected chi connectivity index (χ0v) is 20.3. The Balaban J connectivity index is 1.46. The summed E-state index contributed by atoms with van der Waals surface area (Å²) in [5, 5.41) is 12.7. The molecule has 0 aliphatic carbocycles. The highest BCUT2D eigenvalue weighted by molar-refractivity contribution is 6.07. The summed E-state index contributed by atoms with van der Waals surface area (Å²) < 4.78 is 13.7. The molecule has 0 unspecified atom stereocenters. The molecule has 182 valence electrons. The van der Waals surface area contributed by atoms with Crippen LogP contribution >= 0.6 is 0 Å². The van der Waals surface area contributed by atoms with E-state index >= 15 is 0 Å². The fraction of sp³-hybridized carbons (Fsp3) is 0.333. The Kier molecular flexibility index (Phi) is 6.08. The Morgan fingerprint density at radius 1 is 1.11 bits per heavy atom. The van der Waals surface area contributed by atoms with Gasteiger partial charge >= 0.3 is 0 Å². The number of aromatic nitrogens is 4. The van der Waals surface area contributed by atoms with Gasteiger partial charge in [0.1, 0.15) is 23.7 Å². The molecule has 35 heavy (non-hydrogen) atoms. The van der Waals surface area contributed by atoms with Gasteiger partial charge in [0.15, 0.2) is 5.82 Å². The number of aromatic amines is 1. The molecule has 0 bridgehead atoms. The van der Waals surface area contributed by atoms with Gasteiger partial charge in [0.25, 0.3) is 0 Å². The molecule has 0 spiro atoms. The molecule has 8 heteroatoms. The van der Waals surface area contributed by atoms with Gasteiger partial charge in [-0.05, 0) is 44.5 Å². The van der Waals surface area contributed by atoms with Crippen molar-refractivity contribution in [3.63, 3.8) is 0 Å². The summed E-state index contributed by atoms with van der Waals surface area (Å²) in [6.07, 6.45) is 2.83. The second kappa shape index (κ2) is 9.20. The van der Waals surface area contributed by atoms with Gasteiger partial charge in [-0.15, -0.1) is 0 Å². The number of anilines is 1. The molecule has 0 aliphatic heterocycles. The van der Waals surface area contributed by atoms with Crippen LogP contribution < -0.4 is 10.5 Å². The molecule has 8 nitrogen and oxygen atoms in total. The van der Waals surface area contributed by atoms with Crippen molar-refractivity contribution in [2.45, 2.75) is 45.9 Å². The lowest BCUT2D eigenvalue weighted by atomic mass is 10.1. The zero-order valence-electron chi connectivity index (χ0n) is 20.3. The van der Waals surface area contributed by atoms with Crippen LogP contribution in [0.1, 0.15) is 32.2 Å². The third-order valence-electron chi connectivity index (χ3n) is 6.05. The van der Waals surface area contributed by atoms with Crippen LogP contribution in [0.5, 0.6) is 5.75 Å². The van der Waals surface area contributed by atoms with Crippen molar-refractivity contribution in [2.75, 3.05) is 18.9 Å². The number of para-hydroxylation sites is 1. The van der Waals surface area contributed by atoms with Gasteiger partial charge in [0, 0.05) is 41.6 Å². The lowest BCUT2D eigenvalue weighted by Gasteiger charge is -2.20. The SMILES string of the molecule is CCOCc1nc2c(N)nc3cc(OCCc4c[nH]c5ccccc45)ccc3c2n1CC(C)(C)O. The number of benzene rings is 2. The van der Waals surface area contributed by atoms with E-state index in [1.165, 1.54) is 10.9 Å². The molecule has 0 saturated carbocycles. The van der Waals surface area contributed by atoms with E-state index in [4.69, 9.17) is 20.2 Å². The largest absolute Gasteiger partial charge is 0.493 e.